The van der Waals surface area contributed by atoms with E-state index in [9.17, 15) is 0 Å². The van der Waals surface area contributed by atoms with Crippen LogP contribution >= 0.6 is 23.2 Å². The van der Waals surface area contributed by atoms with Crippen molar-refractivity contribution in [1.82, 2.24) is 9.97 Å². The Morgan fingerprint density at radius 2 is 1.78 bits per heavy atom. The molecular weight excluding hydrogens is 269 g/mol. The van der Waals surface area contributed by atoms with Gasteiger partial charge < -0.3 is 5.73 Å². The molecule has 0 unspecified atom stereocenters. The Labute approximate surface area is 115 Å². The van der Waals surface area contributed by atoms with Crippen LogP contribution in [0.3, 0.4) is 0 Å². The Bertz CT molecular complexity index is 565. The van der Waals surface area contributed by atoms with Gasteiger partial charge in [-0.1, -0.05) is 29.3 Å². The average molecular weight is 280 g/mol. The lowest BCUT2D eigenvalue weighted by atomic mass is 10.1. The third-order valence-corrected chi connectivity index (χ3v) is 3.10. The Hall–Kier alpha value is -1.58. The van der Waals surface area contributed by atoms with Gasteiger partial charge in [0.05, 0.1) is 10.0 Å². The SMILES string of the molecule is N/C=C\c1ncc(Cc2ccc(Cl)c(Cl)c2)cn1. The fourth-order valence-electron chi connectivity index (χ4n) is 1.51. The molecule has 3 nitrogen and oxygen atoms in total. The smallest absolute Gasteiger partial charge is 0.153 e. The molecule has 0 atom stereocenters. The molecule has 0 fully saturated rings. The second kappa shape index (κ2) is 5.85. The second-order valence-electron chi connectivity index (χ2n) is 3.73. The molecule has 1 aromatic carbocycles. The molecule has 2 aromatic rings. The standard InChI is InChI=1S/C13H11Cl2N3/c14-11-2-1-9(6-12(11)15)5-10-7-17-13(3-4-16)18-8-10/h1-4,6-8H,5,16H2/b4-3-. The maximum absolute atomic E-state index is 5.96. The summed E-state index contributed by atoms with van der Waals surface area (Å²) in [6.07, 6.45) is 7.30. The molecule has 0 aliphatic heterocycles. The maximum atomic E-state index is 5.96. The Balaban J connectivity index is 2.15. The first-order valence-electron chi connectivity index (χ1n) is 5.32. The van der Waals surface area contributed by atoms with Crippen molar-refractivity contribution in [3.8, 4) is 0 Å². The summed E-state index contributed by atoms with van der Waals surface area (Å²) in [5.74, 6) is 0.593. The van der Waals surface area contributed by atoms with Gasteiger partial charge in [0.1, 0.15) is 0 Å². The highest BCUT2D eigenvalue weighted by Gasteiger charge is 2.02. The van der Waals surface area contributed by atoms with E-state index in [1.54, 1.807) is 24.5 Å². The number of nitrogens with zero attached hydrogens (tertiary/aromatic N) is 2. The van der Waals surface area contributed by atoms with E-state index in [2.05, 4.69) is 9.97 Å². The molecule has 18 heavy (non-hydrogen) atoms. The molecule has 2 rings (SSSR count). The van der Waals surface area contributed by atoms with E-state index in [4.69, 9.17) is 28.9 Å². The van der Waals surface area contributed by atoms with E-state index in [0.29, 0.717) is 22.3 Å². The average Bonchev–Trinajstić information content (AvgIpc) is 2.37. The summed E-state index contributed by atoms with van der Waals surface area (Å²) in [6, 6.07) is 5.56. The van der Waals surface area contributed by atoms with Crippen LogP contribution in [0.4, 0.5) is 0 Å². The molecule has 0 spiro atoms. The Morgan fingerprint density at radius 1 is 1.06 bits per heavy atom. The molecule has 5 heteroatoms. The molecule has 0 aliphatic rings. The first kappa shape index (κ1) is 12.9. The highest BCUT2D eigenvalue weighted by Crippen LogP contribution is 2.23. The number of benzene rings is 1. The third-order valence-electron chi connectivity index (χ3n) is 2.36. The highest BCUT2D eigenvalue weighted by molar-refractivity contribution is 6.42. The normalized spacial score (nSPS) is 11.0. The molecule has 0 radical (unpaired) electrons. The van der Waals surface area contributed by atoms with Gasteiger partial charge in [0.2, 0.25) is 0 Å². The van der Waals surface area contributed by atoms with Crippen LogP contribution < -0.4 is 5.73 Å². The van der Waals surface area contributed by atoms with Crippen LogP contribution in [0.15, 0.2) is 36.8 Å². The predicted octanol–water partition coefficient (Wildman–Crippen LogP) is 3.30. The summed E-state index contributed by atoms with van der Waals surface area (Å²) in [7, 11) is 0. The molecular formula is C13H11Cl2N3. The van der Waals surface area contributed by atoms with Crippen molar-refractivity contribution >= 4 is 29.3 Å². The molecule has 2 N–H and O–H groups in total. The van der Waals surface area contributed by atoms with Crippen molar-refractivity contribution in [1.29, 1.82) is 0 Å². The van der Waals surface area contributed by atoms with Crippen molar-refractivity contribution in [2.45, 2.75) is 6.42 Å². The van der Waals surface area contributed by atoms with Crippen molar-refractivity contribution in [2.24, 2.45) is 5.73 Å². The first-order valence-corrected chi connectivity index (χ1v) is 6.08. The number of nitrogens with two attached hydrogens (primary N) is 1. The Kier molecular flexibility index (Phi) is 4.18. The van der Waals surface area contributed by atoms with E-state index in [0.717, 1.165) is 11.1 Å². The summed E-state index contributed by atoms with van der Waals surface area (Å²) in [4.78, 5) is 8.34. The zero-order chi connectivity index (χ0) is 13.0. The quantitative estimate of drug-likeness (QED) is 0.938. The summed E-state index contributed by atoms with van der Waals surface area (Å²) in [5.41, 5.74) is 7.33. The van der Waals surface area contributed by atoms with Crippen LogP contribution in [0.5, 0.6) is 0 Å². The second-order valence-corrected chi connectivity index (χ2v) is 4.55. The van der Waals surface area contributed by atoms with Gasteiger partial charge in [0.15, 0.2) is 5.82 Å². The van der Waals surface area contributed by atoms with Crippen LogP contribution in [0, 0.1) is 0 Å². The van der Waals surface area contributed by atoms with E-state index in [1.165, 1.54) is 6.20 Å². The minimum atomic E-state index is 0.553. The topological polar surface area (TPSA) is 51.8 Å². The molecule has 0 aliphatic carbocycles. The third kappa shape index (κ3) is 3.22. The number of halogens is 2. The van der Waals surface area contributed by atoms with Crippen molar-refractivity contribution in [3.05, 3.63) is 63.8 Å². The van der Waals surface area contributed by atoms with E-state index >= 15 is 0 Å². The summed E-state index contributed by atoms with van der Waals surface area (Å²) in [6.45, 7) is 0. The fourth-order valence-corrected chi connectivity index (χ4v) is 1.83. The van der Waals surface area contributed by atoms with Crippen LogP contribution in [-0.4, -0.2) is 9.97 Å². The number of hydrogen-bond donors (Lipinski definition) is 1. The lowest BCUT2D eigenvalue weighted by molar-refractivity contribution is 1.05. The molecule has 0 saturated heterocycles. The molecule has 92 valence electrons. The van der Waals surface area contributed by atoms with Gasteiger partial charge in [-0.05, 0) is 35.5 Å². The lowest BCUT2D eigenvalue weighted by Crippen LogP contribution is -1.94. The number of rotatable bonds is 3. The highest BCUT2D eigenvalue weighted by atomic mass is 35.5. The predicted molar refractivity (Wildman–Crippen MR) is 74.5 cm³/mol. The monoisotopic (exact) mass is 279 g/mol. The van der Waals surface area contributed by atoms with E-state index in [1.807, 2.05) is 12.1 Å². The minimum Gasteiger partial charge on any atom is -0.404 e. The van der Waals surface area contributed by atoms with Gasteiger partial charge in [-0.15, -0.1) is 0 Å². The van der Waals surface area contributed by atoms with Crippen molar-refractivity contribution in [3.63, 3.8) is 0 Å². The molecule has 1 aromatic heterocycles. The molecule has 0 saturated carbocycles. The lowest BCUT2D eigenvalue weighted by Gasteiger charge is -2.03. The van der Waals surface area contributed by atoms with Crippen molar-refractivity contribution in [2.75, 3.05) is 0 Å². The summed E-state index contributed by atoms with van der Waals surface area (Å²) in [5, 5.41) is 1.11. The zero-order valence-electron chi connectivity index (χ0n) is 9.48. The number of aromatic nitrogens is 2. The van der Waals surface area contributed by atoms with Gasteiger partial charge in [-0.3, -0.25) is 0 Å². The van der Waals surface area contributed by atoms with Crippen LogP contribution in [0.2, 0.25) is 10.0 Å². The molecule has 0 amide bonds. The van der Waals surface area contributed by atoms with Gasteiger partial charge >= 0.3 is 0 Å². The minimum absolute atomic E-state index is 0.553. The van der Waals surface area contributed by atoms with Gasteiger partial charge in [-0.2, -0.15) is 0 Å². The summed E-state index contributed by atoms with van der Waals surface area (Å²) < 4.78 is 0. The molecule has 1 heterocycles. The van der Waals surface area contributed by atoms with Crippen LogP contribution in [-0.2, 0) is 6.42 Å². The fraction of sp³-hybridized carbons (Fsp3) is 0.0769. The van der Waals surface area contributed by atoms with Crippen molar-refractivity contribution < 1.29 is 0 Å². The van der Waals surface area contributed by atoms with E-state index in [-0.39, 0.29) is 0 Å². The van der Waals surface area contributed by atoms with Gasteiger partial charge in [-0.25, -0.2) is 9.97 Å². The van der Waals surface area contributed by atoms with Gasteiger partial charge in [0.25, 0.3) is 0 Å². The Morgan fingerprint density at radius 3 is 2.39 bits per heavy atom. The zero-order valence-corrected chi connectivity index (χ0v) is 11.0. The first-order chi connectivity index (χ1) is 8.69. The summed E-state index contributed by atoms with van der Waals surface area (Å²) >= 11 is 11.8. The van der Waals surface area contributed by atoms with Gasteiger partial charge in [0, 0.05) is 18.8 Å². The molecule has 0 bridgehead atoms. The maximum Gasteiger partial charge on any atom is 0.153 e. The van der Waals surface area contributed by atoms with Crippen LogP contribution in [0.25, 0.3) is 6.08 Å². The number of hydrogen-bond acceptors (Lipinski definition) is 3. The van der Waals surface area contributed by atoms with Crippen LogP contribution in [0.1, 0.15) is 17.0 Å². The van der Waals surface area contributed by atoms with E-state index < -0.39 is 0 Å². The largest absolute Gasteiger partial charge is 0.404 e.